The molecule has 2 saturated carbocycles. The molecule has 2 aliphatic heterocycles. The predicted octanol–water partition coefficient (Wildman–Crippen LogP) is 6.45. The number of esters is 1. The summed E-state index contributed by atoms with van der Waals surface area (Å²) in [6.45, 7) is 12.3. The van der Waals surface area contributed by atoms with Crippen LogP contribution in [0.1, 0.15) is 86.0 Å². The molecule has 2 heterocycles. The molecule has 0 aromatic heterocycles. The van der Waals surface area contributed by atoms with Gasteiger partial charge < -0.3 is 14.2 Å². The Hall–Kier alpha value is -1.13. The normalized spacial score (nSPS) is 53.5. The maximum Gasteiger partial charge on any atom is 0.305 e. The van der Waals surface area contributed by atoms with Crippen molar-refractivity contribution in [3.05, 3.63) is 23.8 Å². The van der Waals surface area contributed by atoms with Gasteiger partial charge in [-0.1, -0.05) is 58.4 Å². The van der Waals surface area contributed by atoms with Crippen molar-refractivity contribution in [1.82, 2.24) is 0 Å². The maximum absolute atomic E-state index is 12.7. The number of allylic oxidation sites excluding steroid dienone is 2. The summed E-state index contributed by atoms with van der Waals surface area (Å²) in [4.78, 5) is 12.7. The van der Waals surface area contributed by atoms with Gasteiger partial charge >= 0.3 is 5.97 Å². The van der Waals surface area contributed by atoms with Gasteiger partial charge in [-0.25, -0.2) is 0 Å². The van der Waals surface area contributed by atoms with Crippen molar-refractivity contribution >= 4 is 5.97 Å². The molecule has 0 N–H and O–H groups in total. The summed E-state index contributed by atoms with van der Waals surface area (Å²) in [6.07, 6.45) is 15.8. The fraction of sp³-hybridized carbons (Fsp3) is 0.833. The van der Waals surface area contributed by atoms with E-state index in [1.54, 1.807) is 5.57 Å². The van der Waals surface area contributed by atoms with Crippen molar-refractivity contribution in [2.45, 2.75) is 104 Å². The van der Waals surface area contributed by atoms with Crippen LogP contribution in [0.15, 0.2) is 23.8 Å². The smallest absolute Gasteiger partial charge is 0.305 e. The SMILES string of the molecule is CCC(=O)O[C@H]1C[C@H]2[C@@H](CC[C@H]3CC=CC[C@@]32C)C2=C[C@@H]3O[C@]4(CC[C@H](C)CO4)[C@@H](C)[C@@H]3[C@]21C. The Morgan fingerprint density at radius 1 is 1.18 bits per heavy atom. The van der Waals surface area contributed by atoms with Crippen molar-refractivity contribution in [1.29, 1.82) is 0 Å². The Morgan fingerprint density at radius 3 is 2.74 bits per heavy atom. The van der Waals surface area contributed by atoms with Gasteiger partial charge in [-0.3, -0.25) is 4.79 Å². The van der Waals surface area contributed by atoms with E-state index in [1.807, 2.05) is 6.92 Å². The summed E-state index contributed by atoms with van der Waals surface area (Å²) in [6, 6.07) is 0. The lowest BCUT2D eigenvalue weighted by atomic mass is 9.45. The van der Waals surface area contributed by atoms with Crippen LogP contribution in [0.3, 0.4) is 0 Å². The first-order chi connectivity index (χ1) is 16.2. The highest BCUT2D eigenvalue weighted by atomic mass is 16.7. The summed E-state index contributed by atoms with van der Waals surface area (Å²) in [5, 5.41) is 0. The van der Waals surface area contributed by atoms with E-state index in [0.717, 1.165) is 38.2 Å². The second-order valence-electron chi connectivity index (χ2n) is 13.0. The minimum Gasteiger partial charge on any atom is -0.461 e. The molecule has 34 heavy (non-hydrogen) atoms. The maximum atomic E-state index is 12.7. The molecule has 0 aromatic carbocycles. The number of fused-ring (bicyclic) bond motifs is 7. The van der Waals surface area contributed by atoms with Gasteiger partial charge in [0.15, 0.2) is 5.79 Å². The average Bonchev–Trinajstić information content (AvgIpc) is 3.27. The molecule has 2 saturated heterocycles. The van der Waals surface area contributed by atoms with Crippen LogP contribution in [-0.2, 0) is 19.0 Å². The van der Waals surface area contributed by atoms with E-state index >= 15 is 0 Å². The molecule has 4 nitrogen and oxygen atoms in total. The van der Waals surface area contributed by atoms with Crippen LogP contribution in [0, 0.1) is 46.3 Å². The Kier molecular flexibility index (Phi) is 5.43. The van der Waals surface area contributed by atoms with E-state index in [4.69, 9.17) is 14.2 Å². The van der Waals surface area contributed by atoms with E-state index in [-0.39, 0.29) is 29.5 Å². The van der Waals surface area contributed by atoms with E-state index in [9.17, 15) is 4.79 Å². The molecule has 0 radical (unpaired) electrons. The van der Waals surface area contributed by atoms with Crippen LogP contribution < -0.4 is 0 Å². The van der Waals surface area contributed by atoms with E-state index < -0.39 is 5.79 Å². The summed E-state index contributed by atoms with van der Waals surface area (Å²) in [5.41, 5.74) is 1.68. The molecule has 0 bridgehead atoms. The molecule has 1 spiro atoms. The fourth-order valence-electron chi connectivity index (χ4n) is 9.45. The van der Waals surface area contributed by atoms with Gasteiger partial charge in [0.05, 0.1) is 12.7 Å². The van der Waals surface area contributed by atoms with Crippen molar-refractivity contribution < 1.29 is 19.0 Å². The third-order valence-corrected chi connectivity index (χ3v) is 11.5. The highest BCUT2D eigenvalue weighted by Gasteiger charge is 2.69. The predicted molar refractivity (Wildman–Crippen MR) is 132 cm³/mol. The molecule has 0 amide bonds. The average molecular weight is 469 g/mol. The quantitative estimate of drug-likeness (QED) is 0.345. The lowest BCUT2D eigenvalue weighted by Crippen LogP contribution is -2.57. The Labute approximate surface area is 205 Å². The molecule has 11 atom stereocenters. The number of ether oxygens (including phenoxy) is 3. The summed E-state index contributed by atoms with van der Waals surface area (Å²) in [5.74, 6) is 2.56. The summed E-state index contributed by atoms with van der Waals surface area (Å²) >= 11 is 0. The summed E-state index contributed by atoms with van der Waals surface area (Å²) in [7, 11) is 0. The third-order valence-electron chi connectivity index (χ3n) is 11.5. The lowest BCUT2D eigenvalue weighted by Gasteiger charge is -2.60. The Morgan fingerprint density at radius 2 is 2.00 bits per heavy atom. The molecule has 0 unspecified atom stereocenters. The highest BCUT2D eigenvalue weighted by Crippen LogP contribution is 2.69. The minimum absolute atomic E-state index is 0.0578. The Balaban J connectivity index is 1.39. The zero-order valence-electron chi connectivity index (χ0n) is 21.8. The molecular formula is C30H44O4. The number of carbonyl (C=O) groups excluding carboxylic acids is 1. The molecule has 4 aliphatic carbocycles. The first-order valence-electron chi connectivity index (χ1n) is 14.1. The number of hydrogen-bond acceptors (Lipinski definition) is 4. The lowest BCUT2D eigenvalue weighted by molar-refractivity contribution is -0.265. The first kappa shape index (κ1) is 23.3. The second-order valence-corrected chi connectivity index (χ2v) is 13.0. The van der Waals surface area contributed by atoms with Crippen LogP contribution in [0.2, 0.25) is 0 Å². The largest absolute Gasteiger partial charge is 0.461 e. The van der Waals surface area contributed by atoms with Gasteiger partial charge in [-0.2, -0.15) is 0 Å². The van der Waals surface area contributed by atoms with E-state index in [1.165, 1.54) is 19.3 Å². The molecule has 6 aliphatic rings. The molecule has 4 fully saturated rings. The topological polar surface area (TPSA) is 44.8 Å². The molecule has 0 aromatic rings. The number of hydrogen-bond donors (Lipinski definition) is 0. The van der Waals surface area contributed by atoms with Crippen molar-refractivity contribution in [3.8, 4) is 0 Å². The van der Waals surface area contributed by atoms with Crippen LogP contribution in [0.5, 0.6) is 0 Å². The fourth-order valence-corrected chi connectivity index (χ4v) is 9.45. The van der Waals surface area contributed by atoms with Gasteiger partial charge in [0.25, 0.3) is 0 Å². The van der Waals surface area contributed by atoms with Crippen LogP contribution in [0.25, 0.3) is 0 Å². The molecule has 188 valence electrons. The van der Waals surface area contributed by atoms with Crippen molar-refractivity contribution in [2.75, 3.05) is 6.61 Å². The summed E-state index contributed by atoms with van der Waals surface area (Å²) < 4.78 is 19.7. The number of rotatable bonds is 2. The standard InChI is InChI=1S/C30H44O4/c1-6-26(31)33-25-16-22-21(11-10-20-9-7-8-13-28(20,22)4)23-15-24-27(29(23,25)5)19(3)30(34-24)14-12-18(2)17-32-30/h7-8,15,18-22,24-25,27H,6,9-14,16-17H2,1-5H3/t18-,19-,20+,21+,22-,24-,25-,27-,28-,29+,30+/m0/s1. The Bertz CT molecular complexity index is 897. The van der Waals surface area contributed by atoms with Gasteiger partial charge in [-0.05, 0) is 67.6 Å². The van der Waals surface area contributed by atoms with Gasteiger partial charge in [0.2, 0.25) is 0 Å². The van der Waals surface area contributed by atoms with E-state index in [2.05, 4.69) is 45.9 Å². The van der Waals surface area contributed by atoms with Gasteiger partial charge in [0, 0.05) is 30.1 Å². The highest BCUT2D eigenvalue weighted by molar-refractivity contribution is 5.69. The zero-order valence-corrected chi connectivity index (χ0v) is 21.8. The molecule has 6 rings (SSSR count). The van der Waals surface area contributed by atoms with Crippen molar-refractivity contribution in [3.63, 3.8) is 0 Å². The monoisotopic (exact) mass is 468 g/mol. The minimum atomic E-state index is -0.471. The van der Waals surface area contributed by atoms with Crippen molar-refractivity contribution in [2.24, 2.45) is 46.3 Å². The molecular weight excluding hydrogens is 424 g/mol. The van der Waals surface area contributed by atoms with E-state index in [0.29, 0.717) is 35.5 Å². The number of carbonyl (C=O) groups is 1. The molecule has 4 heteroatoms. The van der Waals surface area contributed by atoms with Crippen LogP contribution in [-0.4, -0.2) is 30.6 Å². The first-order valence-corrected chi connectivity index (χ1v) is 14.1. The van der Waals surface area contributed by atoms with Crippen LogP contribution in [0.4, 0.5) is 0 Å². The second kappa shape index (κ2) is 7.93. The van der Waals surface area contributed by atoms with Gasteiger partial charge in [0.1, 0.15) is 6.10 Å². The third kappa shape index (κ3) is 3.06. The van der Waals surface area contributed by atoms with Crippen LogP contribution >= 0.6 is 0 Å². The van der Waals surface area contributed by atoms with Gasteiger partial charge in [-0.15, -0.1) is 0 Å². The zero-order chi connectivity index (χ0) is 23.9.